The highest BCUT2D eigenvalue weighted by atomic mass is 16.6. The van der Waals surface area contributed by atoms with Crippen LogP contribution in [0.2, 0.25) is 0 Å². The number of nitrogens with zero attached hydrogens (tertiary/aromatic N) is 2. The van der Waals surface area contributed by atoms with Crippen LogP contribution in [0.3, 0.4) is 0 Å². The van der Waals surface area contributed by atoms with Gasteiger partial charge in [0.2, 0.25) is 0 Å². The molecular weight excluding hydrogens is 416 g/mol. The lowest BCUT2D eigenvalue weighted by atomic mass is 9.76. The topological polar surface area (TPSA) is 116 Å². The van der Waals surface area contributed by atoms with Gasteiger partial charge in [0.1, 0.15) is 0 Å². The van der Waals surface area contributed by atoms with E-state index in [0.717, 1.165) is 10.5 Å². The van der Waals surface area contributed by atoms with E-state index in [-0.39, 0.29) is 24.5 Å². The minimum Gasteiger partial charge on any atom is -0.464 e. The standard InChI is InChI=1S/C23H22N2O7/c1-4-31-21(27)23(22(28)32-5-2)19(14-16-8-12-18(13-9-16)25(29)30)20(26)24(23)17-10-6-15(3)7-11-17/h6-14H,4-5H2,1-3H3/b19-14-. The monoisotopic (exact) mass is 438 g/mol. The first-order valence-corrected chi connectivity index (χ1v) is 9.99. The van der Waals surface area contributed by atoms with Gasteiger partial charge >= 0.3 is 11.9 Å². The highest BCUT2D eigenvalue weighted by Gasteiger charge is 2.69. The highest BCUT2D eigenvalue weighted by molar-refractivity contribution is 6.36. The van der Waals surface area contributed by atoms with Crippen molar-refractivity contribution in [2.24, 2.45) is 0 Å². The van der Waals surface area contributed by atoms with Crippen LogP contribution in [0.4, 0.5) is 11.4 Å². The van der Waals surface area contributed by atoms with Crippen molar-refractivity contribution in [2.75, 3.05) is 18.1 Å². The Hall–Kier alpha value is -4.01. The summed E-state index contributed by atoms with van der Waals surface area (Å²) in [6, 6.07) is 12.1. The molecule has 1 saturated heterocycles. The second-order valence-corrected chi connectivity index (χ2v) is 7.03. The maximum atomic E-state index is 13.2. The van der Waals surface area contributed by atoms with Gasteiger partial charge in [-0.05, 0) is 56.7 Å². The van der Waals surface area contributed by atoms with Crippen molar-refractivity contribution in [1.29, 1.82) is 0 Å². The van der Waals surface area contributed by atoms with Gasteiger partial charge in [-0.25, -0.2) is 9.59 Å². The second-order valence-electron chi connectivity index (χ2n) is 7.03. The fourth-order valence-electron chi connectivity index (χ4n) is 3.48. The van der Waals surface area contributed by atoms with Gasteiger partial charge in [0.05, 0.1) is 23.7 Å². The van der Waals surface area contributed by atoms with Crippen LogP contribution >= 0.6 is 0 Å². The van der Waals surface area contributed by atoms with Crippen molar-refractivity contribution in [2.45, 2.75) is 26.3 Å². The molecule has 1 aliphatic heterocycles. The Morgan fingerprint density at radius 3 is 2.00 bits per heavy atom. The third-order valence-electron chi connectivity index (χ3n) is 5.01. The Morgan fingerprint density at radius 1 is 1.00 bits per heavy atom. The number of rotatable bonds is 7. The van der Waals surface area contributed by atoms with E-state index in [9.17, 15) is 24.5 Å². The number of nitro benzene ring substituents is 1. The number of anilines is 1. The molecular formula is C23H22N2O7. The van der Waals surface area contributed by atoms with Crippen molar-refractivity contribution < 1.29 is 28.8 Å². The van der Waals surface area contributed by atoms with E-state index in [2.05, 4.69) is 0 Å². The van der Waals surface area contributed by atoms with Crippen LogP contribution in [0.15, 0.2) is 54.1 Å². The molecule has 2 aromatic rings. The van der Waals surface area contributed by atoms with Gasteiger partial charge in [0.15, 0.2) is 0 Å². The molecule has 3 rings (SSSR count). The van der Waals surface area contributed by atoms with Gasteiger partial charge in [-0.15, -0.1) is 0 Å². The zero-order valence-corrected chi connectivity index (χ0v) is 17.9. The lowest BCUT2D eigenvalue weighted by Crippen LogP contribution is -2.75. The van der Waals surface area contributed by atoms with Gasteiger partial charge in [-0.3, -0.25) is 19.8 Å². The molecule has 2 aromatic carbocycles. The zero-order chi connectivity index (χ0) is 23.5. The molecule has 1 heterocycles. The van der Waals surface area contributed by atoms with Crippen molar-refractivity contribution >= 4 is 35.3 Å². The van der Waals surface area contributed by atoms with Crippen molar-refractivity contribution in [3.05, 3.63) is 75.3 Å². The lowest BCUT2D eigenvalue weighted by Gasteiger charge is -2.49. The molecule has 0 saturated carbocycles. The van der Waals surface area contributed by atoms with Gasteiger partial charge in [-0.2, -0.15) is 0 Å². The molecule has 0 bridgehead atoms. The summed E-state index contributed by atoms with van der Waals surface area (Å²) in [7, 11) is 0. The van der Waals surface area contributed by atoms with E-state index < -0.39 is 28.3 Å². The Bertz CT molecular complexity index is 1070. The van der Waals surface area contributed by atoms with Crippen molar-refractivity contribution in [3.8, 4) is 0 Å². The molecule has 0 N–H and O–H groups in total. The second kappa shape index (κ2) is 9.01. The van der Waals surface area contributed by atoms with E-state index >= 15 is 0 Å². The first kappa shape index (κ1) is 22.7. The van der Waals surface area contributed by atoms with Crippen LogP contribution in [-0.4, -0.2) is 41.5 Å². The minimum absolute atomic E-state index is 0.0132. The molecule has 1 fully saturated rings. The van der Waals surface area contributed by atoms with Crippen molar-refractivity contribution in [3.63, 3.8) is 0 Å². The predicted molar refractivity (Wildman–Crippen MR) is 116 cm³/mol. The molecule has 0 atom stereocenters. The maximum absolute atomic E-state index is 13.2. The molecule has 9 heteroatoms. The number of carbonyl (C=O) groups excluding carboxylic acids is 3. The summed E-state index contributed by atoms with van der Waals surface area (Å²) in [5.41, 5.74) is -0.719. The summed E-state index contributed by atoms with van der Waals surface area (Å²) in [4.78, 5) is 50.9. The summed E-state index contributed by atoms with van der Waals surface area (Å²) >= 11 is 0. The van der Waals surface area contributed by atoms with Crippen LogP contribution < -0.4 is 4.90 Å². The first-order valence-electron chi connectivity index (χ1n) is 9.99. The molecule has 0 unspecified atom stereocenters. The Labute approximate surface area is 184 Å². The molecule has 32 heavy (non-hydrogen) atoms. The number of carbonyl (C=O) groups is 3. The van der Waals surface area contributed by atoms with Crippen LogP contribution in [-0.2, 0) is 23.9 Å². The maximum Gasteiger partial charge on any atom is 0.349 e. The number of β-lactam (4-membered cyclic amide) rings is 1. The van der Waals surface area contributed by atoms with Gasteiger partial charge in [0, 0.05) is 17.8 Å². The number of esters is 2. The third-order valence-corrected chi connectivity index (χ3v) is 5.01. The first-order chi connectivity index (χ1) is 15.3. The number of nitro groups is 1. The molecule has 0 radical (unpaired) electrons. The summed E-state index contributed by atoms with van der Waals surface area (Å²) in [6.45, 7) is 5.02. The van der Waals surface area contributed by atoms with Crippen LogP contribution in [0.1, 0.15) is 25.0 Å². The van der Waals surface area contributed by atoms with E-state index in [4.69, 9.17) is 9.47 Å². The Balaban J connectivity index is 2.18. The summed E-state index contributed by atoms with van der Waals surface area (Å²) in [5, 5.41) is 10.9. The zero-order valence-electron chi connectivity index (χ0n) is 17.9. The van der Waals surface area contributed by atoms with Gasteiger partial charge in [0.25, 0.3) is 17.1 Å². The number of hydrogen-bond donors (Lipinski definition) is 0. The molecule has 0 spiro atoms. The summed E-state index contributed by atoms with van der Waals surface area (Å²) in [5.74, 6) is -2.45. The lowest BCUT2D eigenvalue weighted by molar-refractivity contribution is -0.384. The number of aryl methyl sites for hydroxylation is 1. The smallest absolute Gasteiger partial charge is 0.349 e. The molecule has 0 aromatic heterocycles. The van der Waals surface area contributed by atoms with Crippen LogP contribution in [0.5, 0.6) is 0 Å². The largest absolute Gasteiger partial charge is 0.464 e. The molecule has 1 amide bonds. The Morgan fingerprint density at radius 2 is 1.53 bits per heavy atom. The molecule has 9 nitrogen and oxygen atoms in total. The van der Waals surface area contributed by atoms with Crippen molar-refractivity contribution in [1.82, 2.24) is 0 Å². The Kier molecular flexibility index (Phi) is 6.38. The number of amides is 1. The minimum atomic E-state index is -2.12. The summed E-state index contributed by atoms with van der Waals surface area (Å²) in [6.07, 6.45) is 1.35. The van der Waals surface area contributed by atoms with Gasteiger partial charge in [-0.1, -0.05) is 17.7 Å². The fourth-order valence-corrected chi connectivity index (χ4v) is 3.48. The van der Waals surface area contributed by atoms with E-state index in [1.807, 2.05) is 6.92 Å². The van der Waals surface area contributed by atoms with E-state index in [1.165, 1.54) is 30.3 Å². The molecule has 1 aliphatic rings. The molecule has 166 valence electrons. The number of hydrogen-bond acceptors (Lipinski definition) is 7. The van der Waals surface area contributed by atoms with Crippen LogP contribution in [0, 0.1) is 17.0 Å². The highest BCUT2D eigenvalue weighted by Crippen LogP contribution is 2.44. The normalized spacial score (nSPS) is 15.8. The van der Waals surface area contributed by atoms with Crippen LogP contribution in [0.25, 0.3) is 6.08 Å². The number of benzene rings is 2. The molecule has 0 aliphatic carbocycles. The quantitative estimate of drug-likeness (QED) is 0.163. The average molecular weight is 438 g/mol. The summed E-state index contributed by atoms with van der Waals surface area (Å²) < 4.78 is 10.4. The third kappa shape index (κ3) is 3.73. The van der Waals surface area contributed by atoms with E-state index in [0.29, 0.717) is 11.3 Å². The SMILES string of the molecule is CCOC(=O)C1(C(=O)OCC)/C(=C\c2ccc([N+](=O)[O-])cc2)C(=O)N1c1ccc(C)cc1. The average Bonchev–Trinajstić information content (AvgIpc) is 2.77. The number of non-ortho nitro benzene ring substituents is 1. The number of ether oxygens (including phenoxy) is 2. The van der Waals surface area contributed by atoms with E-state index in [1.54, 1.807) is 38.1 Å². The predicted octanol–water partition coefficient (Wildman–Crippen LogP) is 3.20. The van der Waals surface area contributed by atoms with Gasteiger partial charge < -0.3 is 9.47 Å². The fraction of sp³-hybridized carbons (Fsp3) is 0.261.